The molecule has 11 heteroatoms. The van der Waals surface area contributed by atoms with Gasteiger partial charge in [-0.3, -0.25) is 9.59 Å². The van der Waals surface area contributed by atoms with Gasteiger partial charge in [-0.25, -0.2) is 36.4 Å². The summed E-state index contributed by atoms with van der Waals surface area (Å²) >= 11 is 0. The number of ether oxygens (including phenoxy) is 1. The molecule has 2 amide bonds. The third-order valence-electron chi connectivity index (χ3n) is 5.06. The van der Waals surface area contributed by atoms with Gasteiger partial charge in [0.2, 0.25) is 5.82 Å². The van der Waals surface area contributed by atoms with Crippen molar-refractivity contribution in [2.24, 2.45) is 0 Å². The molecule has 2 aliphatic heterocycles. The number of amides is 2. The molecule has 0 unspecified atom stereocenters. The fraction of sp³-hybridized carbons (Fsp3) is 0. The van der Waals surface area contributed by atoms with Crippen molar-refractivity contribution in [1.29, 1.82) is 0 Å². The number of esters is 2. The Morgan fingerprint density at radius 2 is 0.903 bits per heavy atom. The Labute approximate surface area is 167 Å². The van der Waals surface area contributed by atoms with E-state index in [0.29, 0.717) is 0 Å². The van der Waals surface area contributed by atoms with Crippen molar-refractivity contribution in [1.82, 2.24) is 0 Å². The van der Waals surface area contributed by atoms with Gasteiger partial charge in [0.1, 0.15) is 5.69 Å². The molecular formula is C20H4F5NO5. The van der Waals surface area contributed by atoms with E-state index in [1.165, 1.54) is 0 Å². The molecule has 3 aromatic carbocycles. The van der Waals surface area contributed by atoms with Gasteiger partial charge in [0.25, 0.3) is 11.8 Å². The molecule has 2 heterocycles. The minimum Gasteiger partial charge on any atom is -0.386 e. The molecule has 0 bridgehead atoms. The Balaban J connectivity index is 1.84. The highest BCUT2D eigenvalue weighted by atomic mass is 19.2. The number of carbonyl (C=O) groups excluding carboxylic acids is 4. The van der Waals surface area contributed by atoms with E-state index >= 15 is 0 Å². The van der Waals surface area contributed by atoms with Gasteiger partial charge in [-0.05, 0) is 24.3 Å². The summed E-state index contributed by atoms with van der Waals surface area (Å²) in [6, 6.07) is 4.22. The van der Waals surface area contributed by atoms with Crippen molar-refractivity contribution in [3.63, 3.8) is 0 Å². The summed E-state index contributed by atoms with van der Waals surface area (Å²) in [5, 5.41) is -0.259. The monoisotopic (exact) mass is 433 g/mol. The lowest BCUT2D eigenvalue weighted by molar-refractivity contribution is 0.0390. The first-order chi connectivity index (χ1) is 14.6. The maximum absolute atomic E-state index is 14.3. The third kappa shape index (κ3) is 2.19. The molecule has 0 N–H and O–H groups in total. The van der Waals surface area contributed by atoms with Crippen LogP contribution in [-0.4, -0.2) is 23.8 Å². The Morgan fingerprint density at radius 1 is 0.548 bits per heavy atom. The number of benzene rings is 3. The summed E-state index contributed by atoms with van der Waals surface area (Å²) in [6.45, 7) is 0. The van der Waals surface area contributed by atoms with Gasteiger partial charge in [0.05, 0.1) is 11.1 Å². The largest absolute Gasteiger partial charge is 0.386 e. The summed E-state index contributed by atoms with van der Waals surface area (Å²) < 4.78 is 74.0. The lowest BCUT2D eigenvalue weighted by atomic mass is 9.87. The maximum Gasteiger partial charge on any atom is 0.346 e. The lowest BCUT2D eigenvalue weighted by Crippen LogP contribution is -2.42. The SMILES string of the molecule is O=C1OC(=O)c2ccc3c4c(ccc1c24)C(=O)N(c1c(F)c(F)c(F)c(F)c1F)C3=O. The zero-order chi connectivity index (χ0) is 22.4. The smallest absolute Gasteiger partial charge is 0.346 e. The first kappa shape index (κ1) is 18.9. The maximum atomic E-state index is 14.3. The number of cyclic esters (lactones) is 2. The van der Waals surface area contributed by atoms with Crippen LogP contribution in [0.5, 0.6) is 0 Å². The van der Waals surface area contributed by atoms with E-state index in [9.17, 15) is 41.1 Å². The fourth-order valence-electron chi connectivity index (χ4n) is 3.71. The molecular weight excluding hydrogens is 429 g/mol. The first-order valence-corrected chi connectivity index (χ1v) is 8.41. The molecule has 0 fully saturated rings. The van der Waals surface area contributed by atoms with Gasteiger partial charge in [-0.15, -0.1) is 0 Å². The molecule has 6 nitrogen and oxygen atoms in total. The number of hydrogen-bond donors (Lipinski definition) is 0. The van der Waals surface area contributed by atoms with Crippen LogP contribution in [-0.2, 0) is 4.74 Å². The first-order valence-electron chi connectivity index (χ1n) is 8.41. The quantitative estimate of drug-likeness (QED) is 0.146. The average Bonchev–Trinajstić information content (AvgIpc) is 2.75. The van der Waals surface area contributed by atoms with Crippen molar-refractivity contribution >= 4 is 40.2 Å². The summed E-state index contributed by atoms with van der Waals surface area (Å²) in [7, 11) is 0. The lowest BCUT2D eigenvalue weighted by Gasteiger charge is -2.29. The molecule has 0 spiro atoms. The van der Waals surface area contributed by atoms with Gasteiger partial charge < -0.3 is 4.74 Å². The second kappa shape index (κ2) is 5.94. The topological polar surface area (TPSA) is 80.8 Å². The molecule has 0 radical (unpaired) electrons. The third-order valence-corrected chi connectivity index (χ3v) is 5.06. The highest BCUT2D eigenvalue weighted by Gasteiger charge is 2.42. The number of rotatable bonds is 1. The molecule has 2 aliphatic rings. The highest BCUT2D eigenvalue weighted by molar-refractivity contribution is 6.38. The summed E-state index contributed by atoms with van der Waals surface area (Å²) in [5.41, 5.74) is -2.79. The minimum absolute atomic E-state index is 0.0880. The number of hydrogen-bond acceptors (Lipinski definition) is 5. The number of anilines is 1. The Kier molecular flexibility index (Phi) is 3.61. The van der Waals surface area contributed by atoms with Crippen LogP contribution >= 0.6 is 0 Å². The number of halogens is 5. The van der Waals surface area contributed by atoms with E-state index in [1.54, 1.807) is 0 Å². The molecule has 0 saturated carbocycles. The van der Waals surface area contributed by atoms with Crippen LogP contribution in [0.2, 0.25) is 0 Å². The normalized spacial score (nSPS) is 15.1. The molecule has 3 aromatic rings. The highest BCUT2D eigenvalue weighted by Crippen LogP contribution is 2.40. The minimum atomic E-state index is -2.45. The van der Waals surface area contributed by atoms with Crippen molar-refractivity contribution in [3.05, 3.63) is 75.6 Å². The predicted molar refractivity (Wildman–Crippen MR) is 91.1 cm³/mol. The predicted octanol–water partition coefficient (Wildman–Crippen LogP) is 3.65. The molecule has 5 rings (SSSR count). The Bertz CT molecular complexity index is 1350. The molecule has 0 aromatic heterocycles. The zero-order valence-electron chi connectivity index (χ0n) is 14.7. The molecule has 0 saturated heterocycles. The summed E-state index contributed by atoms with van der Waals surface area (Å²) in [4.78, 5) is 49.8. The number of nitrogens with zero attached hydrogens (tertiary/aromatic N) is 1. The zero-order valence-corrected chi connectivity index (χ0v) is 14.7. The van der Waals surface area contributed by atoms with Crippen molar-refractivity contribution in [2.45, 2.75) is 0 Å². The van der Waals surface area contributed by atoms with Crippen LogP contribution in [0.15, 0.2) is 24.3 Å². The van der Waals surface area contributed by atoms with E-state index in [0.717, 1.165) is 24.3 Å². The van der Waals surface area contributed by atoms with Crippen molar-refractivity contribution in [3.8, 4) is 0 Å². The number of imide groups is 1. The van der Waals surface area contributed by atoms with Gasteiger partial charge in [-0.1, -0.05) is 0 Å². The van der Waals surface area contributed by atoms with Gasteiger partial charge in [0, 0.05) is 21.9 Å². The van der Waals surface area contributed by atoms with Gasteiger partial charge >= 0.3 is 11.9 Å². The van der Waals surface area contributed by atoms with Crippen LogP contribution in [0.25, 0.3) is 10.8 Å². The molecule has 154 valence electrons. The van der Waals surface area contributed by atoms with E-state index in [2.05, 4.69) is 4.74 Å². The number of carbonyl (C=O) groups is 4. The Hall–Kier alpha value is -4.15. The Morgan fingerprint density at radius 3 is 1.35 bits per heavy atom. The fourth-order valence-corrected chi connectivity index (χ4v) is 3.71. The van der Waals surface area contributed by atoms with E-state index in [1.807, 2.05) is 0 Å². The van der Waals surface area contributed by atoms with Crippen molar-refractivity contribution < 1.29 is 45.9 Å². The second-order valence-electron chi connectivity index (χ2n) is 6.61. The summed E-state index contributed by atoms with van der Waals surface area (Å²) in [5.74, 6) is -16.8. The van der Waals surface area contributed by atoms with Crippen molar-refractivity contribution in [2.75, 3.05) is 4.90 Å². The van der Waals surface area contributed by atoms with E-state index < -0.39 is 58.5 Å². The van der Waals surface area contributed by atoms with E-state index in [4.69, 9.17) is 0 Å². The standard InChI is InChI=1S/C20H4F5NO5/c21-11-12(22)14(24)16(15(25)13(11)23)26-17(27)5-1-3-7-10-8(20(30)31-19(7)29)4-2-6(9(5)10)18(26)28/h1-4H. The van der Waals surface area contributed by atoms with Crippen LogP contribution in [0.4, 0.5) is 27.6 Å². The molecule has 31 heavy (non-hydrogen) atoms. The van der Waals surface area contributed by atoms with E-state index in [-0.39, 0.29) is 37.9 Å². The van der Waals surface area contributed by atoms with Crippen LogP contribution in [0.1, 0.15) is 41.4 Å². The van der Waals surface area contributed by atoms with Crippen LogP contribution in [0, 0.1) is 29.1 Å². The van der Waals surface area contributed by atoms with Crippen LogP contribution in [0.3, 0.4) is 0 Å². The molecule has 0 aliphatic carbocycles. The summed E-state index contributed by atoms with van der Waals surface area (Å²) in [6.07, 6.45) is 0. The molecule has 0 atom stereocenters. The van der Waals surface area contributed by atoms with Gasteiger partial charge in [-0.2, -0.15) is 0 Å². The second-order valence-corrected chi connectivity index (χ2v) is 6.61. The van der Waals surface area contributed by atoms with Crippen LogP contribution < -0.4 is 4.90 Å². The average molecular weight is 433 g/mol. The van der Waals surface area contributed by atoms with Gasteiger partial charge in [0.15, 0.2) is 23.3 Å².